The molecule has 158 valence electrons. The molecule has 0 N–H and O–H groups in total. The molecular weight excluding hydrogens is 405 g/mol. The van der Waals surface area contributed by atoms with E-state index in [0.717, 1.165) is 50.5 Å². The summed E-state index contributed by atoms with van der Waals surface area (Å²) in [5, 5.41) is -0.0966. The zero-order chi connectivity index (χ0) is 21.1. The van der Waals surface area contributed by atoms with Crippen molar-refractivity contribution in [2.75, 3.05) is 37.6 Å². The van der Waals surface area contributed by atoms with Gasteiger partial charge >= 0.3 is 0 Å². The molecule has 5 nitrogen and oxygen atoms in total. The Morgan fingerprint density at radius 3 is 2.43 bits per heavy atom. The number of benzene rings is 2. The number of carbonyl (C=O) groups excluding carboxylic acids is 2. The zero-order valence-corrected chi connectivity index (χ0v) is 17.5. The van der Waals surface area contributed by atoms with Crippen molar-refractivity contribution in [3.8, 4) is 0 Å². The molecule has 2 amide bonds. The van der Waals surface area contributed by atoms with Crippen LogP contribution in [0.25, 0.3) is 0 Å². The number of aryl methyl sites for hydroxylation is 1. The average molecular weight is 430 g/mol. The van der Waals surface area contributed by atoms with Crippen molar-refractivity contribution in [1.29, 1.82) is 0 Å². The second kappa shape index (κ2) is 9.25. The maximum atomic E-state index is 13.4. The van der Waals surface area contributed by atoms with Crippen LogP contribution in [0.15, 0.2) is 48.5 Å². The fourth-order valence-electron chi connectivity index (χ4n) is 4.25. The van der Waals surface area contributed by atoms with Gasteiger partial charge in [0.05, 0.1) is 23.2 Å². The highest BCUT2D eigenvalue weighted by Crippen LogP contribution is 2.29. The highest BCUT2D eigenvalue weighted by Gasteiger charge is 2.43. The predicted molar refractivity (Wildman–Crippen MR) is 115 cm³/mol. The van der Waals surface area contributed by atoms with Crippen molar-refractivity contribution < 1.29 is 14.0 Å². The van der Waals surface area contributed by atoms with Gasteiger partial charge in [-0.1, -0.05) is 41.9 Å². The summed E-state index contributed by atoms with van der Waals surface area (Å²) in [5.74, 6) is -1.09. The van der Waals surface area contributed by atoms with E-state index in [1.165, 1.54) is 23.8 Å². The van der Waals surface area contributed by atoms with E-state index in [9.17, 15) is 14.0 Å². The predicted octanol–water partition coefficient (Wildman–Crippen LogP) is 3.36. The van der Waals surface area contributed by atoms with Crippen molar-refractivity contribution in [2.45, 2.75) is 25.3 Å². The number of imide groups is 1. The fourth-order valence-corrected chi connectivity index (χ4v) is 4.42. The van der Waals surface area contributed by atoms with E-state index in [4.69, 9.17) is 11.6 Å². The third-order valence-corrected chi connectivity index (χ3v) is 6.20. The molecule has 2 saturated heterocycles. The molecule has 0 spiro atoms. The largest absolute Gasteiger partial charge is 0.301 e. The van der Waals surface area contributed by atoms with Gasteiger partial charge < -0.3 is 4.90 Å². The van der Waals surface area contributed by atoms with Crippen LogP contribution in [0.1, 0.15) is 18.4 Å². The number of anilines is 1. The second-order valence-electron chi connectivity index (χ2n) is 7.85. The van der Waals surface area contributed by atoms with Crippen LogP contribution in [-0.4, -0.2) is 60.4 Å². The van der Waals surface area contributed by atoms with Crippen molar-refractivity contribution in [2.24, 2.45) is 0 Å². The van der Waals surface area contributed by atoms with E-state index in [-0.39, 0.29) is 23.3 Å². The molecule has 0 unspecified atom stereocenters. The van der Waals surface area contributed by atoms with Gasteiger partial charge in [0.2, 0.25) is 5.91 Å². The Labute approximate surface area is 181 Å². The molecule has 2 aliphatic rings. The Hall–Kier alpha value is -2.28. The third kappa shape index (κ3) is 4.56. The van der Waals surface area contributed by atoms with Crippen LogP contribution in [0.4, 0.5) is 10.1 Å². The normalized spacial score (nSPS) is 20.9. The van der Waals surface area contributed by atoms with Gasteiger partial charge in [-0.25, -0.2) is 9.29 Å². The SMILES string of the molecule is O=C1C[C@@H](N2CCN(CCCc3ccccc3)CC2)C(=O)N1c1ccc(F)c(Cl)c1. The number of carbonyl (C=O) groups is 2. The van der Waals surface area contributed by atoms with Crippen molar-refractivity contribution >= 4 is 29.1 Å². The molecule has 7 heteroatoms. The van der Waals surface area contributed by atoms with E-state index in [0.29, 0.717) is 5.69 Å². The first-order valence-electron chi connectivity index (χ1n) is 10.3. The van der Waals surface area contributed by atoms with Gasteiger partial charge in [0.15, 0.2) is 0 Å². The molecule has 2 aromatic rings. The number of hydrogen-bond acceptors (Lipinski definition) is 4. The summed E-state index contributed by atoms with van der Waals surface area (Å²) in [6, 6.07) is 14.0. The Morgan fingerprint density at radius 2 is 1.73 bits per heavy atom. The Morgan fingerprint density at radius 1 is 1.00 bits per heavy atom. The molecule has 0 bridgehead atoms. The number of rotatable bonds is 6. The van der Waals surface area contributed by atoms with Crippen LogP contribution in [0.2, 0.25) is 5.02 Å². The Kier molecular flexibility index (Phi) is 6.46. The summed E-state index contributed by atoms with van der Waals surface area (Å²) in [6.45, 7) is 4.31. The lowest BCUT2D eigenvalue weighted by Gasteiger charge is -2.37. The van der Waals surface area contributed by atoms with Gasteiger partial charge in [-0.3, -0.25) is 14.5 Å². The summed E-state index contributed by atoms with van der Waals surface area (Å²) in [7, 11) is 0. The van der Waals surface area contributed by atoms with Crippen molar-refractivity contribution in [3.05, 3.63) is 64.9 Å². The molecule has 2 fully saturated rings. The minimum Gasteiger partial charge on any atom is -0.301 e. The minimum absolute atomic E-state index is 0.0966. The molecule has 0 radical (unpaired) electrons. The second-order valence-corrected chi connectivity index (χ2v) is 8.26. The van der Waals surface area contributed by atoms with Crippen LogP contribution in [0.3, 0.4) is 0 Å². The topological polar surface area (TPSA) is 43.9 Å². The number of halogens is 2. The third-order valence-electron chi connectivity index (χ3n) is 5.91. The van der Waals surface area contributed by atoms with Gasteiger partial charge in [0, 0.05) is 26.2 Å². The lowest BCUT2D eigenvalue weighted by atomic mass is 10.1. The molecule has 4 rings (SSSR count). The maximum Gasteiger partial charge on any atom is 0.251 e. The van der Waals surface area contributed by atoms with Gasteiger partial charge in [0.1, 0.15) is 5.82 Å². The summed E-state index contributed by atoms with van der Waals surface area (Å²) < 4.78 is 13.4. The molecule has 2 aromatic carbocycles. The van der Waals surface area contributed by atoms with Crippen LogP contribution >= 0.6 is 11.6 Å². The minimum atomic E-state index is -0.570. The highest BCUT2D eigenvalue weighted by molar-refractivity contribution is 6.31. The number of hydrogen-bond donors (Lipinski definition) is 0. The van der Waals surface area contributed by atoms with E-state index < -0.39 is 11.9 Å². The van der Waals surface area contributed by atoms with E-state index >= 15 is 0 Å². The van der Waals surface area contributed by atoms with E-state index in [2.05, 4.69) is 34.1 Å². The molecule has 2 aliphatic heterocycles. The number of piperazine rings is 1. The summed E-state index contributed by atoms with van der Waals surface area (Å²) in [5.41, 5.74) is 1.69. The molecule has 0 aliphatic carbocycles. The maximum absolute atomic E-state index is 13.4. The zero-order valence-electron chi connectivity index (χ0n) is 16.8. The van der Waals surface area contributed by atoms with Gasteiger partial charge in [-0.05, 0) is 43.1 Å². The van der Waals surface area contributed by atoms with Gasteiger partial charge in [0.25, 0.3) is 5.91 Å². The van der Waals surface area contributed by atoms with Crippen LogP contribution in [-0.2, 0) is 16.0 Å². The van der Waals surface area contributed by atoms with Gasteiger partial charge in [-0.15, -0.1) is 0 Å². The van der Waals surface area contributed by atoms with Crippen molar-refractivity contribution in [3.63, 3.8) is 0 Å². The Balaban J connectivity index is 1.30. The molecule has 1 atom stereocenters. The quantitative estimate of drug-likeness (QED) is 0.660. The highest BCUT2D eigenvalue weighted by atomic mass is 35.5. The van der Waals surface area contributed by atoms with Gasteiger partial charge in [-0.2, -0.15) is 0 Å². The Bertz CT molecular complexity index is 916. The standard InChI is InChI=1S/C23H25ClFN3O2/c24-19-15-18(8-9-20(19)25)28-22(29)16-21(23(28)30)27-13-11-26(12-14-27)10-4-7-17-5-2-1-3-6-17/h1-3,5-6,8-9,15,21H,4,7,10-14,16H2/t21-/m1/s1. The smallest absolute Gasteiger partial charge is 0.251 e. The molecule has 30 heavy (non-hydrogen) atoms. The van der Waals surface area contributed by atoms with Crippen molar-refractivity contribution in [1.82, 2.24) is 9.80 Å². The molecule has 0 aromatic heterocycles. The van der Waals surface area contributed by atoms with E-state index in [1.807, 2.05) is 6.07 Å². The molecular formula is C23H25ClFN3O2. The first kappa shape index (κ1) is 21.0. The fraction of sp³-hybridized carbons (Fsp3) is 0.391. The number of nitrogens with zero attached hydrogens (tertiary/aromatic N) is 3. The van der Waals surface area contributed by atoms with Crippen LogP contribution < -0.4 is 4.90 Å². The number of amides is 2. The van der Waals surface area contributed by atoms with E-state index in [1.54, 1.807) is 0 Å². The molecule has 2 heterocycles. The first-order valence-corrected chi connectivity index (χ1v) is 10.7. The summed E-state index contributed by atoms with van der Waals surface area (Å²) >= 11 is 5.83. The monoisotopic (exact) mass is 429 g/mol. The first-order chi connectivity index (χ1) is 14.5. The lowest BCUT2D eigenvalue weighted by Crippen LogP contribution is -2.52. The summed E-state index contributed by atoms with van der Waals surface area (Å²) in [4.78, 5) is 31.1. The van der Waals surface area contributed by atoms with Crippen LogP contribution in [0.5, 0.6) is 0 Å². The van der Waals surface area contributed by atoms with Crippen LogP contribution in [0, 0.1) is 5.82 Å². The summed E-state index contributed by atoms with van der Waals surface area (Å²) in [6.07, 6.45) is 2.32. The average Bonchev–Trinajstić information content (AvgIpc) is 3.05. The molecule has 0 saturated carbocycles. The lowest BCUT2D eigenvalue weighted by molar-refractivity contribution is -0.123.